The van der Waals surface area contributed by atoms with Crippen LogP contribution in [0.4, 0.5) is 0 Å². The fourth-order valence-electron chi connectivity index (χ4n) is 3.48. The van der Waals surface area contributed by atoms with Crippen LogP contribution in [0.25, 0.3) is 5.65 Å². The zero-order valence-electron chi connectivity index (χ0n) is 12.8. The molecule has 1 aliphatic heterocycles. The topological polar surface area (TPSA) is 48.7 Å². The van der Waals surface area contributed by atoms with Gasteiger partial charge in [0.15, 0.2) is 16.6 Å². The van der Waals surface area contributed by atoms with Crippen LogP contribution in [-0.2, 0) is 9.47 Å². The predicted molar refractivity (Wildman–Crippen MR) is 82.9 cm³/mol. The minimum Gasteiger partial charge on any atom is -0.343 e. The fourth-order valence-corrected chi connectivity index (χ4v) is 3.68. The Morgan fingerprint density at radius 3 is 2.91 bits per heavy atom. The van der Waals surface area contributed by atoms with Crippen LogP contribution in [0.2, 0.25) is 5.15 Å². The van der Waals surface area contributed by atoms with E-state index in [1.807, 2.05) is 30.6 Å². The lowest BCUT2D eigenvalue weighted by Crippen LogP contribution is -2.25. The predicted octanol–water partition coefficient (Wildman–Crippen LogP) is 3.34. The van der Waals surface area contributed by atoms with E-state index < -0.39 is 5.79 Å². The molecule has 0 N–H and O–H groups in total. The van der Waals surface area contributed by atoms with Gasteiger partial charge in [0.2, 0.25) is 0 Å². The Bertz CT molecular complexity index is 768. The molecule has 2 aliphatic rings. The highest BCUT2D eigenvalue weighted by atomic mass is 35.5. The molecule has 1 fully saturated rings. The first-order chi connectivity index (χ1) is 10.5. The molecule has 2 aromatic heterocycles. The maximum Gasteiger partial charge on any atom is 0.175 e. The first-order valence-electron chi connectivity index (χ1n) is 7.54. The van der Waals surface area contributed by atoms with Crippen molar-refractivity contribution in [2.24, 2.45) is 0 Å². The molecule has 4 rings (SSSR count). The SMILES string of the molecule is CCC1=C[C@@H](c2cnc3c(Cl)nccn23)[C@@H]2OC(C)(C)O[C@H]12. The van der Waals surface area contributed by atoms with Crippen LogP contribution in [0.5, 0.6) is 0 Å². The normalized spacial score (nSPS) is 29.8. The van der Waals surface area contributed by atoms with Crippen molar-refractivity contribution in [3.8, 4) is 0 Å². The number of rotatable bonds is 2. The summed E-state index contributed by atoms with van der Waals surface area (Å²) in [6.07, 6.45) is 8.64. The molecule has 116 valence electrons. The van der Waals surface area contributed by atoms with E-state index in [4.69, 9.17) is 21.1 Å². The second kappa shape index (κ2) is 4.78. The molecule has 0 spiro atoms. The van der Waals surface area contributed by atoms with Gasteiger partial charge in [-0.1, -0.05) is 24.6 Å². The van der Waals surface area contributed by atoms with Crippen molar-refractivity contribution in [1.29, 1.82) is 0 Å². The summed E-state index contributed by atoms with van der Waals surface area (Å²) in [4.78, 5) is 8.49. The highest BCUT2D eigenvalue weighted by molar-refractivity contribution is 6.32. The van der Waals surface area contributed by atoms with Gasteiger partial charge < -0.3 is 9.47 Å². The van der Waals surface area contributed by atoms with Gasteiger partial charge in [0, 0.05) is 18.3 Å². The lowest BCUT2D eigenvalue weighted by atomic mass is 10.0. The van der Waals surface area contributed by atoms with Gasteiger partial charge in [0.1, 0.15) is 12.2 Å². The minimum absolute atomic E-state index is 0.0169. The third-order valence-corrected chi connectivity index (χ3v) is 4.67. The monoisotopic (exact) mass is 319 g/mol. The molecule has 0 aromatic carbocycles. The van der Waals surface area contributed by atoms with Crippen molar-refractivity contribution in [3.05, 3.63) is 41.1 Å². The zero-order chi connectivity index (χ0) is 15.5. The first kappa shape index (κ1) is 14.2. The Morgan fingerprint density at radius 1 is 1.32 bits per heavy atom. The van der Waals surface area contributed by atoms with Gasteiger partial charge in [-0.25, -0.2) is 9.97 Å². The fraction of sp³-hybridized carbons (Fsp3) is 0.500. The average molecular weight is 320 g/mol. The molecular formula is C16H18ClN3O2. The number of hydrogen-bond acceptors (Lipinski definition) is 4. The number of halogens is 1. The highest BCUT2D eigenvalue weighted by Gasteiger charge is 2.50. The summed E-state index contributed by atoms with van der Waals surface area (Å²) < 4.78 is 14.2. The molecule has 1 saturated heterocycles. The molecule has 0 amide bonds. The van der Waals surface area contributed by atoms with Gasteiger partial charge in [0.25, 0.3) is 0 Å². The van der Waals surface area contributed by atoms with E-state index in [2.05, 4.69) is 23.0 Å². The molecule has 2 aromatic rings. The van der Waals surface area contributed by atoms with Crippen molar-refractivity contribution in [2.75, 3.05) is 0 Å². The van der Waals surface area contributed by atoms with Crippen molar-refractivity contribution in [1.82, 2.24) is 14.4 Å². The number of hydrogen-bond donors (Lipinski definition) is 0. The van der Waals surface area contributed by atoms with E-state index in [1.165, 1.54) is 5.57 Å². The van der Waals surface area contributed by atoms with Gasteiger partial charge >= 0.3 is 0 Å². The summed E-state index contributed by atoms with van der Waals surface area (Å²) in [7, 11) is 0. The molecule has 0 bridgehead atoms. The van der Waals surface area contributed by atoms with E-state index in [0.29, 0.717) is 10.8 Å². The van der Waals surface area contributed by atoms with Crippen molar-refractivity contribution in [3.63, 3.8) is 0 Å². The summed E-state index contributed by atoms with van der Waals surface area (Å²) in [6, 6.07) is 0. The molecule has 6 heteroatoms. The Balaban J connectivity index is 1.81. The third kappa shape index (κ3) is 2.00. The lowest BCUT2D eigenvalue weighted by molar-refractivity contribution is -0.146. The smallest absolute Gasteiger partial charge is 0.175 e. The maximum atomic E-state index is 6.16. The number of fused-ring (bicyclic) bond motifs is 2. The highest BCUT2D eigenvalue weighted by Crippen LogP contribution is 2.46. The molecule has 0 radical (unpaired) electrons. The van der Waals surface area contributed by atoms with Crippen LogP contribution in [0.15, 0.2) is 30.2 Å². The Kier molecular flexibility index (Phi) is 3.08. The number of ether oxygens (including phenoxy) is 2. The zero-order valence-corrected chi connectivity index (χ0v) is 13.5. The second-order valence-corrected chi connectivity index (χ2v) is 6.59. The molecule has 0 saturated carbocycles. The summed E-state index contributed by atoms with van der Waals surface area (Å²) in [5, 5.41) is 0.409. The minimum atomic E-state index is -0.554. The van der Waals surface area contributed by atoms with Crippen LogP contribution in [-0.4, -0.2) is 32.4 Å². The third-order valence-electron chi connectivity index (χ3n) is 4.41. The van der Waals surface area contributed by atoms with Gasteiger partial charge in [-0.05, 0) is 25.8 Å². The Morgan fingerprint density at radius 2 is 2.14 bits per heavy atom. The van der Waals surface area contributed by atoms with E-state index in [9.17, 15) is 0 Å². The molecule has 22 heavy (non-hydrogen) atoms. The van der Waals surface area contributed by atoms with Gasteiger partial charge in [-0.15, -0.1) is 0 Å². The molecule has 3 heterocycles. The molecule has 3 atom stereocenters. The molecular weight excluding hydrogens is 302 g/mol. The van der Waals surface area contributed by atoms with E-state index >= 15 is 0 Å². The molecule has 5 nitrogen and oxygen atoms in total. The quantitative estimate of drug-likeness (QED) is 0.797. The second-order valence-electron chi connectivity index (χ2n) is 6.24. The Hall–Kier alpha value is -1.43. The van der Waals surface area contributed by atoms with Crippen molar-refractivity contribution in [2.45, 2.75) is 51.1 Å². The van der Waals surface area contributed by atoms with Crippen LogP contribution >= 0.6 is 11.6 Å². The average Bonchev–Trinajstić information content (AvgIpc) is 3.10. The van der Waals surface area contributed by atoms with Gasteiger partial charge in [0.05, 0.1) is 11.9 Å². The lowest BCUT2D eigenvalue weighted by Gasteiger charge is -2.20. The number of imidazole rings is 1. The van der Waals surface area contributed by atoms with E-state index in [1.54, 1.807) is 6.20 Å². The first-order valence-corrected chi connectivity index (χ1v) is 7.91. The standard InChI is InChI=1S/C16H18ClN3O2/c1-4-9-7-10(13-12(9)21-16(2,3)22-13)11-8-19-15-14(17)18-5-6-20(11)15/h5-8,10,12-13H,4H2,1-3H3/t10-,12+,13-/m0/s1. The summed E-state index contributed by atoms with van der Waals surface area (Å²) in [6.45, 7) is 6.07. The van der Waals surface area contributed by atoms with Gasteiger partial charge in [-0.2, -0.15) is 0 Å². The molecule has 0 unspecified atom stereocenters. The van der Waals surface area contributed by atoms with Crippen LogP contribution < -0.4 is 0 Å². The van der Waals surface area contributed by atoms with Crippen LogP contribution in [0, 0.1) is 0 Å². The maximum absolute atomic E-state index is 6.16. The summed E-state index contributed by atoms with van der Waals surface area (Å²) in [5.74, 6) is -0.447. The molecule has 1 aliphatic carbocycles. The van der Waals surface area contributed by atoms with Crippen molar-refractivity contribution >= 4 is 17.2 Å². The van der Waals surface area contributed by atoms with Crippen LogP contribution in [0.3, 0.4) is 0 Å². The van der Waals surface area contributed by atoms with E-state index in [-0.39, 0.29) is 18.1 Å². The Labute approximate surface area is 133 Å². The summed E-state index contributed by atoms with van der Waals surface area (Å²) >= 11 is 6.12. The number of nitrogens with zero attached hydrogens (tertiary/aromatic N) is 3. The summed E-state index contributed by atoms with van der Waals surface area (Å²) in [5.41, 5.74) is 3.02. The van der Waals surface area contributed by atoms with Crippen LogP contribution in [0.1, 0.15) is 38.8 Å². The van der Waals surface area contributed by atoms with Crippen molar-refractivity contribution < 1.29 is 9.47 Å². The largest absolute Gasteiger partial charge is 0.343 e. The van der Waals surface area contributed by atoms with E-state index in [0.717, 1.165) is 12.1 Å². The van der Waals surface area contributed by atoms with Gasteiger partial charge in [-0.3, -0.25) is 4.40 Å². The number of aromatic nitrogens is 3.